The zero-order valence-corrected chi connectivity index (χ0v) is 10.5. The molecule has 5 heteroatoms. The summed E-state index contributed by atoms with van der Waals surface area (Å²) in [5.74, 6) is 1.68. The number of nitrogens with two attached hydrogens (primary N) is 1. The summed E-state index contributed by atoms with van der Waals surface area (Å²) in [6.45, 7) is 0.861. The number of para-hydroxylation sites is 1. The Morgan fingerprint density at radius 3 is 2.74 bits per heavy atom. The third kappa shape index (κ3) is 2.25. The van der Waals surface area contributed by atoms with E-state index in [1.54, 1.807) is 4.68 Å². The van der Waals surface area contributed by atoms with Crippen molar-refractivity contribution in [2.75, 3.05) is 17.6 Å². The largest absolute Gasteiger partial charge is 0.382 e. The minimum Gasteiger partial charge on any atom is -0.382 e. The molecule has 3 N–H and O–H groups in total. The average Bonchev–Trinajstić information content (AvgIpc) is 3.21. The molecule has 0 bridgehead atoms. The minimum atomic E-state index is 0.381. The molecule has 1 heterocycles. The van der Waals surface area contributed by atoms with Crippen LogP contribution in [-0.4, -0.2) is 16.3 Å². The molecule has 96 valence electrons. The molecule has 1 aliphatic rings. The molecular weight excluding hydrogens is 238 g/mol. The lowest BCUT2D eigenvalue weighted by Gasteiger charge is -2.02. The van der Waals surface area contributed by atoms with Crippen molar-refractivity contribution in [1.29, 1.82) is 5.26 Å². The first-order valence-electron chi connectivity index (χ1n) is 6.37. The van der Waals surface area contributed by atoms with Crippen LogP contribution in [0.3, 0.4) is 0 Å². The lowest BCUT2D eigenvalue weighted by molar-refractivity contribution is 0.855. The predicted molar refractivity (Wildman–Crippen MR) is 73.9 cm³/mol. The van der Waals surface area contributed by atoms with Crippen LogP contribution >= 0.6 is 0 Å². The highest BCUT2D eigenvalue weighted by atomic mass is 15.3. The monoisotopic (exact) mass is 253 g/mol. The number of benzene rings is 1. The molecule has 2 aromatic rings. The van der Waals surface area contributed by atoms with Gasteiger partial charge in [0.15, 0.2) is 5.82 Å². The first-order valence-corrected chi connectivity index (χ1v) is 6.37. The van der Waals surface area contributed by atoms with Crippen LogP contribution in [-0.2, 0) is 0 Å². The lowest BCUT2D eigenvalue weighted by atomic mass is 10.3. The fourth-order valence-electron chi connectivity index (χ4n) is 1.99. The number of nitrogens with one attached hydrogen (secondary N) is 1. The van der Waals surface area contributed by atoms with Gasteiger partial charge in [-0.15, -0.1) is 5.10 Å². The number of anilines is 2. The lowest BCUT2D eigenvalue weighted by Crippen LogP contribution is -2.05. The van der Waals surface area contributed by atoms with Crippen molar-refractivity contribution in [3.8, 4) is 11.8 Å². The Hall–Kier alpha value is -2.48. The van der Waals surface area contributed by atoms with Gasteiger partial charge < -0.3 is 11.1 Å². The Balaban J connectivity index is 1.94. The topological polar surface area (TPSA) is 79.7 Å². The molecule has 0 atom stereocenters. The molecule has 19 heavy (non-hydrogen) atoms. The first-order chi connectivity index (χ1) is 9.29. The van der Waals surface area contributed by atoms with Gasteiger partial charge in [0.25, 0.3) is 0 Å². The summed E-state index contributed by atoms with van der Waals surface area (Å²) in [7, 11) is 0. The Morgan fingerprint density at radius 2 is 2.11 bits per heavy atom. The summed E-state index contributed by atoms with van der Waals surface area (Å²) in [4.78, 5) is 0. The van der Waals surface area contributed by atoms with Crippen molar-refractivity contribution >= 4 is 11.6 Å². The number of nitriles is 1. The summed E-state index contributed by atoms with van der Waals surface area (Å²) in [5.41, 5.74) is 7.28. The second kappa shape index (κ2) is 4.65. The highest BCUT2D eigenvalue weighted by Crippen LogP contribution is 2.30. The SMILES string of the molecule is N#Cc1c(NCC2CC2)nn(-c2ccccc2)c1N. The van der Waals surface area contributed by atoms with Crippen molar-refractivity contribution in [3.05, 3.63) is 35.9 Å². The third-order valence-corrected chi connectivity index (χ3v) is 3.29. The Bertz CT molecular complexity index is 619. The van der Waals surface area contributed by atoms with Crippen molar-refractivity contribution in [3.63, 3.8) is 0 Å². The summed E-state index contributed by atoms with van der Waals surface area (Å²) in [5, 5.41) is 16.8. The van der Waals surface area contributed by atoms with E-state index < -0.39 is 0 Å². The second-order valence-electron chi connectivity index (χ2n) is 4.79. The predicted octanol–water partition coefficient (Wildman–Crippen LogP) is 2.15. The van der Waals surface area contributed by atoms with Gasteiger partial charge in [0, 0.05) is 6.54 Å². The van der Waals surface area contributed by atoms with Gasteiger partial charge in [-0.2, -0.15) is 5.26 Å². The van der Waals surface area contributed by atoms with Gasteiger partial charge in [0.1, 0.15) is 17.5 Å². The van der Waals surface area contributed by atoms with E-state index in [1.807, 2.05) is 30.3 Å². The van der Waals surface area contributed by atoms with Crippen LogP contribution in [0.15, 0.2) is 30.3 Å². The molecule has 1 aliphatic carbocycles. The van der Waals surface area contributed by atoms with Crippen molar-refractivity contribution < 1.29 is 0 Å². The number of nitrogens with zero attached hydrogens (tertiary/aromatic N) is 3. The molecule has 0 amide bonds. The Morgan fingerprint density at radius 1 is 1.37 bits per heavy atom. The quantitative estimate of drug-likeness (QED) is 0.875. The minimum absolute atomic E-state index is 0.381. The molecule has 0 radical (unpaired) electrons. The maximum atomic E-state index is 9.22. The van der Waals surface area contributed by atoms with Crippen LogP contribution in [0.5, 0.6) is 0 Å². The van der Waals surface area contributed by atoms with Crippen LogP contribution in [0.25, 0.3) is 5.69 Å². The summed E-state index contributed by atoms with van der Waals surface area (Å²) >= 11 is 0. The number of aromatic nitrogens is 2. The number of rotatable bonds is 4. The van der Waals surface area contributed by atoms with Crippen LogP contribution < -0.4 is 11.1 Å². The molecule has 0 aliphatic heterocycles. The van der Waals surface area contributed by atoms with Crippen molar-refractivity contribution in [2.45, 2.75) is 12.8 Å². The van der Waals surface area contributed by atoms with Crippen LogP contribution in [0.2, 0.25) is 0 Å². The fourth-order valence-corrected chi connectivity index (χ4v) is 1.99. The molecule has 3 rings (SSSR count). The number of hydrogen-bond donors (Lipinski definition) is 2. The molecule has 1 fully saturated rings. The van der Waals surface area contributed by atoms with Crippen LogP contribution in [0, 0.1) is 17.2 Å². The zero-order valence-electron chi connectivity index (χ0n) is 10.5. The van der Waals surface area contributed by atoms with Gasteiger partial charge in [-0.05, 0) is 30.9 Å². The first kappa shape index (κ1) is 11.6. The molecule has 0 spiro atoms. The standard InChI is InChI=1S/C14H15N5/c15-8-12-13(16)19(11-4-2-1-3-5-11)18-14(12)17-9-10-6-7-10/h1-5,10H,6-7,9,16H2,(H,17,18). The summed E-state index contributed by atoms with van der Waals surface area (Å²) in [6.07, 6.45) is 2.51. The maximum Gasteiger partial charge on any atom is 0.168 e. The van der Waals surface area contributed by atoms with Gasteiger partial charge >= 0.3 is 0 Å². The van der Waals surface area contributed by atoms with E-state index in [0.29, 0.717) is 17.2 Å². The zero-order chi connectivity index (χ0) is 13.2. The fraction of sp³-hybridized carbons (Fsp3) is 0.286. The van der Waals surface area contributed by atoms with E-state index in [9.17, 15) is 5.26 Å². The van der Waals surface area contributed by atoms with E-state index >= 15 is 0 Å². The van der Waals surface area contributed by atoms with E-state index in [-0.39, 0.29) is 0 Å². The smallest absolute Gasteiger partial charge is 0.168 e. The van der Waals surface area contributed by atoms with Crippen LogP contribution in [0.1, 0.15) is 18.4 Å². The van der Waals surface area contributed by atoms with Gasteiger partial charge in [0.2, 0.25) is 0 Å². The summed E-state index contributed by atoms with van der Waals surface area (Å²) in [6, 6.07) is 11.7. The molecule has 1 aromatic heterocycles. The normalized spacial score (nSPS) is 14.1. The van der Waals surface area contributed by atoms with E-state index in [1.165, 1.54) is 12.8 Å². The van der Waals surface area contributed by atoms with E-state index in [4.69, 9.17) is 5.73 Å². The number of nitrogen functional groups attached to an aromatic ring is 1. The van der Waals surface area contributed by atoms with Gasteiger partial charge in [-0.25, -0.2) is 4.68 Å². The van der Waals surface area contributed by atoms with Crippen LogP contribution in [0.4, 0.5) is 11.6 Å². The maximum absolute atomic E-state index is 9.22. The van der Waals surface area contributed by atoms with E-state index in [2.05, 4.69) is 16.5 Å². The molecular formula is C14H15N5. The van der Waals surface area contributed by atoms with Crippen molar-refractivity contribution in [1.82, 2.24) is 9.78 Å². The number of hydrogen-bond acceptors (Lipinski definition) is 4. The molecule has 1 aromatic carbocycles. The molecule has 0 saturated heterocycles. The average molecular weight is 253 g/mol. The third-order valence-electron chi connectivity index (χ3n) is 3.29. The second-order valence-corrected chi connectivity index (χ2v) is 4.79. The molecule has 0 unspecified atom stereocenters. The highest BCUT2D eigenvalue weighted by molar-refractivity contribution is 5.66. The Kier molecular flexibility index (Phi) is 2.84. The van der Waals surface area contributed by atoms with E-state index in [0.717, 1.165) is 18.2 Å². The van der Waals surface area contributed by atoms with Gasteiger partial charge in [0.05, 0.1) is 5.69 Å². The molecule has 1 saturated carbocycles. The van der Waals surface area contributed by atoms with Gasteiger partial charge in [-0.1, -0.05) is 18.2 Å². The van der Waals surface area contributed by atoms with Crippen molar-refractivity contribution in [2.24, 2.45) is 5.92 Å². The summed E-state index contributed by atoms with van der Waals surface area (Å²) < 4.78 is 1.60. The molecule has 5 nitrogen and oxygen atoms in total. The Labute approximate surface area is 111 Å². The van der Waals surface area contributed by atoms with Gasteiger partial charge in [-0.3, -0.25) is 0 Å². The highest BCUT2D eigenvalue weighted by Gasteiger charge is 2.23.